The molecule has 0 atom stereocenters. The third-order valence-corrected chi connectivity index (χ3v) is 3.93. The lowest BCUT2D eigenvalue weighted by Crippen LogP contribution is -2.31. The fraction of sp³-hybridized carbons (Fsp3) is 0.357. The summed E-state index contributed by atoms with van der Waals surface area (Å²) in [5.41, 5.74) is 3.36. The number of nitrogens with zero attached hydrogens (tertiary/aromatic N) is 4. The standard InChI is InChI=1S/C14H15FN4S/c1-20-14-17-7-11-9-19(5-4-12(11)18-14)8-10-2-3-13(15)16-6-10/h2-3,6-7H,4-5,8-9H2,1H3. The molecule has 1 aliphatic heterocycles. The molecule has 0 N–H and O–H groups in total. The normalized spacial score (nSPS) is 15.1. The minimum Gasteiger partial charge on any atom is -0.294 e. The lowest BCUT2D eigenvalue weighted by Gasteiger charge is -2.27. The Hall–Kier alpha value is -1.53. The van der Waals surface area contributed by atoms with Crippen molar-refractivity contribution in [2.45, 2.75) is 24.7 Å². The molecule has 0 saturated carbocycles. The molecule has 0 unspecified atom stereocenters. The third-order valence-electron chi connectivity index (χ3n) is 3.37. The second kappa shape index (κ2) is 5.85. The predicted octanol–water partition coefficient (Wildman–Crippen LogP) is 2.29. The Morgan fingerprint density at radius 2 is 2.20 bits per heavy atom. The molecule has 0 bridgehead atoms. The van der Waals surface area contributed by atoms with Gasteiger partial charge in [0, 0.05) is 44.0 Å². The monoisotopic (exact) mass is 290 g/mol. The van der Waals surface area contributed by atoms with Crippen LogP contribution in [0.4, 0.5) is 4.39 Å². The van der Waals surface area contributed by atoms with Gasteiger partial charge in [-0.25, -0.2) is 15.0 Å². The number of hydrogen-bond acceptors (Lipinski definition) is 5. The summed E-state index contributed by atoms with van der Waals surface area (Å²) >= 11 is 1.57. The zero-order valence-corrected chi connectivity index (χ0v) is 12.0. The maximum Gasteiger partial charge on any atom is 0.212 e. The summed E-state index contributed by atoms with van der Waals surface area (Å²) in [5.74, 6) is -0.435. The van der Waals surface area contributed by atoms with Crippen molar-refractivity contribution in [1.29, 1.82) is 0 Å². The van der Waals surface area contributed by atoms with Crippen LogP contribution in [-0.4, -0.2) is 32.7 Å². The van der Waals surface area contributed by atoms with E-state index in [-0.39, 0.29) is 0 Å². The fourth-order valence-corrected chi connectivity index (χ4v) is 2.71. The number of hydrogen-bond donors (Lipinski definition) is 0. The van der Waals surface area contributed by atoms with E-state index in [1.54, 1.807) is 24.0 Å². The number of thioether (sulfide) groups is 1. The maximum absolute atomic E-state index is 12.8. The molecule has 0 aromatic carbocycles. The Labute approximate surface area is 121 Å². The molecule has 4 nitrogen and oxygen atoms in total. The maximum atomic E-state index is 12.8. The number of pyridine rings is 1. The van der Waals surface area contributed by atoms with Gasteiger partial charge >= 0.3 is 0 Å². The number of aromatic nitrogens is 3. The zero-order chi connectivity index (χ0) is 13.9. The van der Waals surface area contributed by atoms with Crippen LogP contribution in [0.2, 0.25) is 0 Å². The summed E-state index contributed by atoms with van der Waals surface area (Å²) in [6.07, 6.45) is 6.43. The molecule has 20 heavy (non-hydrogen) atoms. The number of fused-ring (bicyclic) bond motifs is 1. The molecule has 0 aliphatic carbocycles. The van der Waals surface area contributed by atoms with Crippen molar-refractivity contribution >= 4 is 11.8 Å². The molecule has 1 aliphatic rings. The number of halogens is 1. The van der Waals surface area contributed by atoms with Crippen LogP contribution in [0.5, 0.6) is 0 Å². The summed E-state index contributed by atoms with van der Waals surface area (Å²) < 4.78 is 12.8. The molecule has 104 valence electrons. The first-order chi connectivity index (χ1) is 9.74. The Bertz CT molecular complexity index is 603. The molecule has 0 saturated heterocycles. The SMILES string of the molecule is CSc1ncc2c(n1)CCN(Cc1ccc(F)nc1)C2. The molecule has 0 amide bonds. The predicted molar refractivity (Wildman–Crippen MR) is 75.8 cm³/mol. The van der Waals surface area contributed by atoms with E-state index in [0.717, 1.165) is 42.5 Å². The molecule has 2 aromatic heterocycles. The first kappa shape index (κ1) is 13.5. The molecule has 6 heteroatoms. The highest BCUT2D eigenvalue weighted by molar-refractivity contribution is 7.98. The highest BCUT2D eigenvalue weighted by Crippen LogP contribution is 2.20. The van der Waals surface area contributed by atoms with Crippen molar-refractivity contribution < 1.29 is 4.39 Å². The van der Waals surface area contributed by atoms with Crippen LogP contribution in [0.15, 0.2) is 29.7 Å². The van der Waals surface area contributed by atoms with Crippen LogP contribution in [0.25, 0.3) is 0 Å². The largest absolute Gasteiger partial charge is 0.294 e. The van der Waals surface area contributed by atoms with Crippen LogP contribution in [0.1, 0.15) is 16.8 Å². The minimum atomic E-state index is -0.435. The van der Waals surface area contributed by atoms with E-state index in [0.29, 0.717) is 0 Å². The van der Waals surface area contributed by atoms with E-state index in [1.165, 1.54) is 11.6 Å². The molecule has 0 radical (unpaired) electrons. The third kappa shape index (κ3) is 2.96. The summed E-state index contributed by atoms with van der Waals surface area (Å²) in [7, 11) is 0. The van der Waals surface area contributed by atoms with Crippen molar-refractivity contribution in [3.05, 3.63) is 47.3 Å². The molecule has 3 heterocycles. The van der Waals surface area contributed by atoms with Gasteiger partial charge in [0.05, 0.1) is 5.69 Å². The minimum absolute atomic E-state index is 0.435. The van der Waals surface area contributed by atoms with Gasteiger partial charge in [-0.3, -0.25) is 4.90 Å². The molecule has 3 rings (SSSR count). The van der Waals surface area contributed by atoms with Crippen molar-refractivity contribution in [1.82, 2.24) is 19.9 Å². The second-order valence-electron chi connectivity index (χ2n) is 4.78. The van der Waals surface area contributed by atoms with Crippen molar-refractivity contribution in [2.75, 3.05) is 12.8 Å². The summed E-state index contributed by atoms with van der Waals surface area (Å²) in [6.45, 7) is 2.56. The molecule has 2 aromatic rings. The first-order valence-corrected chi connectivity index (χ1v) is 7.68. The molecular formula is C14H15FN4S. The number of rotatable bonds is 3. The topological polar surface area (TPSA) is 41.9 Å². The van der Waals surface area contributed by atoms with Crippen LogP contribution < -0.4 is 0 Å². The summed E-state index contributed by atoms with van der Waals surface area (Å²) in [5, 5.41) is 0.833. The van der Waals surface area contributed by atoms with Crippen LogP contribution >= 0.6 is 11.8 Å². The summed E-state index contributed by atoms with van der Waals surface area (Å²) in [6, 6.07) is 3.19. The quantitative estimate of drug-likeness (QED) is 0.493. The van der Waals surface area contributed by atoms with Crippen molar-refractivity contribution in [3.8, 4) is 0 Å². The van der Waals surface area contributed by atoms with Crippen LogP contribution in [-0.2, 0) is 19.5 Å². The second-order valence-corrected chi connectivity index (χ2v) is 5.55. The van der Waals surface area contributed by atoms with E-state index in [9.17, 15) is 4.39 Å². The zero-order valence-electron chi connectivity index (χ0n) is 11.2. The van der Waals surface area contributed by atoms with E-state index in [1.807, 2.05) is 12.5 Å². The highest BCUT2D eigenvalue weighted by Gasteiger charge is 2.18. The van der Waals surface area contributed by atoms with Gasteiger partial charge in [0.1, 0.15) is 0 Å². The van der Waals surface area contributed by atoms with Gasteiger partial charge in [-0.2, -0.15) is 4.39 Å². The van der Waals surface area contributed by atoms with Gasteiger partial charge in [-0.1, -0.05) is 17.8 Å². The van der Waals surface area contributed by atoms with E-state index < -0.39 is 5.95 Å². The van der Waals surface area contributed by atoms with Gasteiger partial charge in [0.2, 0.25) is 5.95 Å². The lowest BCUT2D eigenvalue weighted by atomic mass is 10.1. The Morgan fingerprint density at radius 1 is 1.30 bits per heavy atom. The van der Waals surface area contributed by atoms with Gasteiger partial charge in [-0.15, -0.1) is 0 Å². The average Bonchev–Trinajstić information content (AvgIpc) is 2.49. The Kier molecular flexibility index (Phi) is 3.93. The molecule has 0 spiro atoms. The van der Waals surface area contributed by atoms with Crippen molar-refractivity contribution in [3.63, 3.8) is 0 Å². The average molecular weight is 290 g/mol. The van der Waals surface area contributed by atoms with Gasteiger partial charge in [0.15, 0.2) is 5.16 Å². The molecular weight excluding hydrogens is 275 g/mol. The van der Waals surface area contributed by atoms with Crippen LogP contribution in [0, 0.1) is 5.95 Å². The lowest BCUT2D eigenvalue weighted by molar-refractivity contribution is 0.241. The Balaban J connectivity index is 1.70. The smallest absolute Gasteiger partial charge is 0.212 e. The summed E-state index contributed by atoms with van der Waals surface area (Å²) in [4.78, 5) is 14.9. The first-order valence-electron chi connectivity index (χ1n) is 6.46. The van der Waals surface area contributed by atoms with Crippen LogP contribution in [0.3, 0.4) is 0 Å². The Morgan fingerprint density at radius 3 is 2.95 bits per heavy atom. The van der Waals surface area contributed by atoms with E-state index >= 15 is 0 Å². The van der Waals surface area contributed by atoms with Crippen molar-refractivity contribution in [2.24, 2.45) is 0 Å². The molecule has 0 fully saturated rings. The van der Waals surface area contributed by atoms with E-state index in [4.69, 9.17) is 0 Å². The van der Waals surface area contributed by atoms with Gasteiger partial charge < -0.3 is 0 Å². The fourth-order valence-electron chi connectivity index (χ4n) is 2.35. The van der Waals surface area contributed by atoms with Gasteiger partial charge in [-0.05, 0) is 17.9 Å². The van der Waals surface area contributed by atoms with Gasteiger partial charge in [0.25, 0.3) is 0 Å². The highest BCUT2D eigenvalue weighted by atomic mass is 32.2. The van der Waals surface area contributed by atoms with E-state index in [2.05, 4.69) is 19.9 Å².